The molecule has 1 aliphatic heterocycles. The summed E-state index contributed by atoms with van der Waals surface area (Å²) in [5.41, 5.74) is 0.126. The lowest BCUT2D eigenvalue weighted by Gasteiger charge is -2.33. The van der Waals surface area contributed by atoms with Crippen molar-refractivity contribution in [2.24, 2.45) is 0 Å². The number of hydrogen-bond acceptors (Lipinski definition) is 10. The van der Waals surface area contributed by atoms with Gasteiger partial charge in [-0.15, -0.1) is 11.3 Å². The molecule has 1 aromatic carbocycles. The van der Waals surface area contributed by atoms with Crippen molar-refractivity contribution in [2.45, 2.75) is 24.2 Å². The summed E-state index contributed by atoms with van der Waals surface area (Å²) in [6, 6.07) is 9.68. The summed E-state index contributed by atoms with van der Waals surface area (Å²) in [5, 5.41) is 12.3. The van der Waals surface area contributed by atoms with Gasteiger partial charge in [-0.05, 0) is 43.3 Å². The standard InChI is InChI=1S/C26H25ClN6O7S2/c1-2-31-15-20(40-26(36)37)22(34)19-14-29-25(30-23(19)31)32-9-11-33(12-10-32)42(38,39)21-8-7-18(41-21)13-28-24(35)16-3-5-17(27)6-4-16/h3-8,14-15H,2,9-13H2,1H3,(H,28,35)(H,36,37). The van der Waals surface area contributed by atoms with Crippen LogP contribution in [0, 0.1) is 0 Å². The molecule has 0 unspecified atom stereocenters. The summed E-state index contributed by atoms with van der Waals surface area (Å²) in [6.45, 7) is 3.40. The van der Waals surface area contributed by atoms with Gasteiger partial charge in [0.2, 0.25) is 11.4 Å². The van der Waals surface area contributed by atoms with Crippen molar-refractivity contribution < 1.29 is 27.9 Å². The van der Waals surface area contributed by atoms with Crippen LogP contribution in [0.3, 0.4) is 0 Å². The number of halogens is 1. The Bertz CT molecular complexity index is 1820. The van der Waals surface area contributed by atoms with Gasteiger partial charge in [0.05, 0.1) is 18.1 Å². The number of aryl methyl sites for hydroxylation is 1. The van der Waals surface area contributed by atoms with Gasteiger partial charge in [-0.2, -0.15) is 9.29 Å². The first-order chi connectivity index (χ1) is 20.1. The number of carbonyl (C=O) groups is 2. The SMILES string of the molecule is CCn1cc(OC(=O)O)c(=O)c2cnc(N3CCN(S(=O)(=O)c4ccc(CNC(=O)c5ccc(Cl)cc5)s4)CC3)nc21. The second-order valence-electron chi connectivity index (χ2n) is 9.19. The molecule has 220 valence electrons. The van der Waals surface area contributed by atoms with E-state index in [1.807, 2.05) is 11.8 Å². The van der Waals surface area contributed by atoms with Gasteiger partial charge >= 0.3 is 6.16 Å². The number of carboxylic acid groups (broad SMARTS) is 1. The first kappa shape index (κ1) is 29.4. The predicted octanol–water partition coefficient (Wildman–Crippen LogP) is 3.02. The van der Waals surface area contributed by atoms with Crippen LogP contribution in [-0.4, -0.2) is 70.6 Å². The minimum absolute atomic E-state index is 0.110. The number of piperazine rings is 1. The Morgan fingerprint density at radius 2 is 1.83 bits per heavy atom. The van der Waals surface area contributed by atoms with E-state index in [2.05, 4.69) is 20.0 Å². The molecule has 3 aromatic heterocycles. The average Bonchev–Trinajstić information content (AvgIpc) is 3.47. The molecule has 0 bridgehead atoms. The second-order valence-corrected chi connectivity index (χ2v) is 13.0. The number of fused-ring (bicyclic) bond motifs is 1. The van der Waals surface area contributed by atoms with Crippen LogP contribution in [0.2, 0.25) is 5.02 Å². The lowest BCUT2D eigenvalue weighted by Crippen LogP contribution is -2.49. The Morgan fingerprint density at radius 3 is 2.50 bits per heavy atom. The number of nitrogens with zero attached hydrogens (tertiary/aromatic N) is 5. The monoisotopic (exact) mass is 632 g/mol. The van der Waals surface area contributed by atoms with Crippen LogP contribution >= 0.6 is 22.9 Å². The fourth-order valence-corrected chi connectivity index (χ4v) is 7.41. The number of rotatable bonds is 8. The normalized spacial score (nSPS) is 14.2. The minimum Gasteiger partial charge on any atom is -0.449 e. The zero-order valence-electron chi connectivity index (χ0n) is 22.2. The number of hydrogen-bond donors (Lipinski definition) is 2. The third-order valence-electron chi connectivity index (χ3n) is 6.59. The zero-order chi connectivity index (χ0) is 30.0. The predicted molar refractivity (Wildman–Crippen MR) is 156 cm³/mol. The fourth-order valence-electron chi connectivity index (χ4n) is 4.42. The molecular formula is C26H25ClN6O7S2. The maximum atomic E-state index is 13.3. The molecule has 0 atom stereocenters. The smallest absolute Gasteiger partial charge is 0.449 e. The van der Waals surface area contributed by atoms with Crippen LogP contribution < -0.4 is 20.4 Å². The highest BCUT2D eigenvalue weighted by Crippen LogP contribution is 2.27. The van der Waals surface area contributed by atoms with E-state index in [4.69, 9.17) is 16.7 Å². The number of ether oxygens (including phenoxy) is 1. The Morgan fingerprint density at radius 1 is 1.12 bits per heavy atom. The number of nitrogens with one attached hydrogen (secondary N) is 1. The Hall–Kier alpha value is -4.05. The molecule has 4 aromatic rings. The number of aromatic nitrogens is 3. The van der Waals surface area contributed by atoms with Crippen molar-refractivity contribution in [2.75, 3.05) is 31.1 Å². The van der Waals surface area contributed by atoms with E-state index in [0.717, 1.165) is 11.3 Å². The van der Waals surface area contributed by atoms with Gasteiger partial charge in [-0.3, -0.25) is 9.59 Å². The van der Waals surface area contributed by atoms with Crippen molar-refractivity contribution in [1.29, 1.82) is 0 Å². The van der Waals surface area contributed by atoms with Crippen LogP contribution in [0.5, 0.6) is 5.75 Å². The number of amides is 1. The highest BCUT2D eigenvalue weighted by molar-refractivity contribution is 7.91. The van der Waals surface area contributed by atoms with E-state index in [0.29, 0.717) is 46.7 Å². The van der Waals surface area contributed by atoms with Gasteiger partial charge in [-0.25, -0.2) is 18.2 Å². The summed E-state index contributed by atoms with van der Waals surface area (Å²) in [7, 11) is -3.76. The van der Waals surface area contributed by atoms with Crippen molar-refractivity contribution >= 4 is 62.0 Å². The molecule has 42 heavy (non-hydrogen) atoms. The third-order valence-corrected chi connectivity index (χ3v) is 10.3. The summed E-state index contributed by atoms with van der Waals surface area (Å²) >= 11 is 6.96. The van der Waals surface area contributed by atoms with Gasteiger partial charge in [0, 0.05) is 54.4 Å². The van der Waals surface area contributed by atoms with Crippen LogP contribution in [0.25, 0.3) is 11.0 Å². The van der Waals surface area contributed by atoms with Gasteiger partial charge in [0.1, 0.15) is 9.86 Å². The lowest BCUT2D eigenvalue weighted by molar-refractivity contribution is 0.0951. The largest absolute Gasteiger partial charge is 0.511 e. The summed E-state index contributed by atoms with van der Waals surface area (Å²) < 4.78 is 34.4. The van der Waals surface area contributed by atoms with E-state index in [-0.39, 0.29) is 40.9 Å². The molecule has 16 heteroatoms. The molecule has 0 saturated carbocycles. The maximum Gasteiger partial charge on any atom is 0.511 e. The Balaban J connectivity index is 1.24. The van der Waals surface area contributed by atoms with Crippen LogP contribution in [0.15, 0.2) is 57.8 Å². The number of sulfonamides is 1. The molecule has 0 aliphatic carbocycles. The van der Waals surface area contributed by atoms with E-state index < -0.39 is 21.6 Å². The van der Waals surface area contributed by atoms with E-state index in [9.17, 15) is 22.8 Å². The Labute approximate surface area is 249 Å². The molecule has 1 amide bonds. The van der Waals surface area contributed by atoms with Gasteiger partial charge < -0.3 is 24.6 Å². The second kappa shape index (κ2) is 12.1. The molecule has 5 rings (SSSR count). The first-order valence-electron chi connectivity index (χ1n) is 12.8. The molecule has 13 nitrogen and oxygen atoms in total. The average molecular weight is 633 g/mol. The van der Waals surface area contributed by atoms with Crippen LogP contribution in [-0.2, 0) is 23.1 Å². The van der Waals surface area contributed by atoms with E-state index >= 15 is 0 Å². The highest BCUT2D eigenvalue weighted by atomic mass is 35.5. The summed E-state index contributed by atoms with van der Waals surface area (Å²) in [6.07, 6.45) is 1.01. The van der Waals surface area contributed by atoms with Gasteiger partial charge in [-0.1, -0.05) is 11.6 Å². The quantitative estimate of drug-likeness (QED) is 0.276. The Kier molecular flexibility index (Phi) is 8.45. The number of carbonyl (C=O) groups excluding carboxylic acids is 1. The van der Waals surface area contributed by atoms with Crippen molar-refractivity contribution in [3.63, 3.8) is 0 Å². The zero-order valence-corrected chi connectivity index (χ0v) is 24.6. The number of pyridine rings is 1. The lowest BCUT2D eigenvalue weighted by atomic mass is 10.2. The van der Waals surface area contributed by atoms with E-state index in [1.54, 1.807) is 34.9 Å². The molecular weight excluding hydrogens is 608 g/mol. The molecule has 2 N–H and O–H groups in total. The fraction of sp³-hybridized carbons (Fsp3) is 0.269. The van der Waals surface area contributed by atoms with Crippen molar-refractivity contribution in [3.8, 4) is 5.75 Å². The minimum atomic E-state index is -3.76. The molecule has 0 radical (unpaired) electrons. The molecule has 0 spiro atoms. The topological polar surface area (TPSA) is 164 Å². The molecule has 1 fully saturated rings. The van der Waals surface area contributed by atoms with Crippen LogP contribution in [0.1, 0.15) is 22.2 Å². The van der Waals surface area contributed by atoms with Gasteiger partial charge in [0.15, 0.2) is 5.75 Å². The third kappa shape index (κ3) is 6.09. The number of thiophene rings is 1. The van der Waals surface area contributed by atoms with Crippen LogP contribution in [0.4, 0.5) is 10.7 Å². The summed E-state index contributed by atoms with van der Waals surface area (Å²) in [5.74, 6) is -0.308. The summed E-state index contributed by atoms with van der Waals surface area (Å²) in [4.78, 5) is 47.3. The number of benzene rings is 1. The molecule has 4 heterocycles. The molecule has 1 saturated heterocycles. The van der Waals surface area contributed by atoms with E-state index in [1.165, 1.54) is 22.8 Å². The number of anilines is 1. The molecule has 1 aliphatic rings. The first-order valence-corrected chi connectivity index (χ1v) is 15.4. The maximum absolute atomic E-state index is 13.3. The van der Waals surface area contributed by atoms with Crippen molar-refractivity contribution in [1.82, 2.24) is 24.2 Å². The van der Waals surface area contributed by atoms with Crippen molar-refractivity contribution in [3.05, 3.63) is 74.5 Å². The highest BCUT2D eigenvalue weighted by Gasteiger charge is 2.31. The van der Waals surface area contributed by atoms with Gasteiger partial charge in [0.25, 0.3) is 15.9 Å².